The van der Waals surface area contributed by atoms with Crippen LogP contribution in [-0.4, -0.2) is 49.7 Å². The van der Waals surface area contributed by atoms with Gasteiger partial charge in [-0.05, 0) is 54.6 Å². The average molecular weight is 485 g/mol. The van der Waals surface area contributed by atoms with E-state index < -0.39 is 14.9 Å². The zero-order chi connectivity index (χ0) is 23.4. The van der Waals surface area contributed by atoms with Crippen LogP contribution in [0, 0.1) is 10.1 Å². The number of benzene rings is 2. The molecule has 0 unspecified atom stereocenters. The van der Waals surface area contributed by atoms with Crippen molar-refractivity contribution < 1.29 is 22.9 Å². The van der Waals surface area contributed by atoms with Gasteiger partial charge >= 0.3 is 0 Å². The van der Waals surface area contributed by atoms with Gasteiger partial charge in [0.25, 0.3) is 5.69 Å². The summed E-state index contributed by atoms with van der Waals surface area (Å²) in [4.78, 5) is 25.0. The molecule has 1 aromatic heterocycles. The van der Waals surface area contributed by atoms with Crippen molar-refractivity contribution in [3.63, 3.8) is 0 Å². The average Bonchev–Trinajstić information content (AvgIpc) is 3.32. The molecule has 1 fully saturated rings. The highest BCUT2D eigenvalue weighted by Crippen LogP contribution is 2.35. The number of carbonyl (C=O) groups excluding carboxylic acids is 1. The van der Waals surface area contributed by atoms with Crippen LogP contribution in [0.5, 0.6) is 0 Å². The maximum absolute atomic E-state index is 12.7. The van der Waals surface area contributed by atoms with Crippen molar-refractivity contribution in [1.29, 1.82) is 0 Å². The monoisotopic (exact) mass is 484 g/mol. The van der Waals surface area contributed by atoms with E-state index >= 15 is 0 Å². The molecule has 4 rings (SSSR count). The first-order valence-corrected chi connectivity index (χ1v) is 12.4. The largest absolute Gasteiger partial charge is 0.379 e. The summed E-state index contributed by atoms with van der Waals surface area (Å²) >= 11 is 1.34. The number of morpholine rings is 1. The predicted molar refractivity (Wildman–Crippen MR) is 126 cm³/mol. The second kappa shape index (κ2) is 9.75. The molecule has 10 heteroatoms. The lowest BCUT2D eigenvalue weighted by Crippen LogP contribution is -2.40. The minimum absolute atomic E-state index is 0.0260. The molecule has 0 spiro atoms. The molecule has 1 aliphatic heterocycles. The zero-order valence-corrected chi connectivity index (χ0v) is 19.1. The molecular weight excluding hydrogens is 464 g/mol. The Labute approximate surface area is 194 Å². The highest BCUT2D eigenvalue weighted by atomic mass is 32.2. The Morgan fingerprint density at radius 2 is 1.73 bits per heavy atom. The van der Waals surface area contributed by atoms with E-state index in [2.05, 4.69) is 0 Å². The first kappa shape index (κ1) is 23.0. The van der Waals surface area contributed by atoms with Gasteiger partial charge in [0.2, 0.25) is 10.0 Å². The predicted octanol–water partition coefficient (Wildman–Crippen LogP) is 4.24. The number of sulfonamides is 1. The molecule has 33 heavy (non-hydrogen) atoms. The summed E-state index contributed by atoms with van der Waals surface area (Å²) < 4.78 is 32.0. The fourth-order valence-corrected chi connectivity index (χ4v) is 5.76. The maximum Gasteiger partial charge on any atom is 0.278 e. The lowest BCUT2D eigenvalue weighted by Gasteiger charge is -2.26. The number of thiophene rings is 1. The molecule has 1 aliphatic rings. The number of para-hydroxylation sites is 1. The standard InChI is InChI=1S/C23H20N2O6S2/c26-22(17-5-9-19(10-6-17)33(29,30)24-13-15-31-16-14-24)11-7-18-8-12-23(32-18)20-3-1-2-4-21(20)25(27)28/h1-12H,13-16H2/b11-7+. The Hall–Kier alpha value is -3.18. The van der Waals surface area contributed by atoms with Gasteiger partial charge in [-0.25, -0.2) is 8.42 Å². The van der Waals surface area contributed by atoms with E-state index in [9.17, 15) is 23.3 Å². The number of allylic oxidation sites excluding steroid dienone is 1. The van der Waals surface area contributed by atoms with Crippen molar-refractivity contribution in [3.05, 3.63) is 87.3 Å². The number of hydrogen-bond donors (Lipinski definition) is 0. The third-order valence-electron chi connectivity index (χ3n) is 5.14. The van der Waals surface area contributed by atoms with Gasteiger partial charge in [0, 0.05) is 34.5 Å². The van der Waals surface area contributed by atoms with Crippen LogP contribution in [0.2, 0.25) is 0 Å². The van der Waals surface area contributed by atoms with Crippen molar-refractivity contribution in [2.45, 2.75) is 4.90 Å². The maximum atomic E-state index is 12.7. The summed E-state index contributed by atoms with van der Waals surface area (Å²) in [5.74, 6) is -0.272. The number of rotatable bonds is 7. The Morgan fingerprint density at radius 3 is 2.42 bits per heavy atom. The Bertz CT molecular complexity index is 1310. The van der Waals surface area contributed by atoms with Crippen LogP contribution in [-0.2, 0) is 14.8 Å². The Kier molecular flexibility index (Phi) is 6.80. The van der Waals surface area contributed by atoms with Gasteiger partial charge in [-0.1, -0.05) is 12.1 Å². The summed E-state index contributed by atoms with van der Waals surface area (Å²) in [7, 11) is -3.62. The minimum atomic E-state index is -3.62. The van der Waals surface area contributed by atoms with Crippen LogP contribution >= 0.6 is 11.3 Å². The van der Waals surface area contributed by atoms with Crippen LogP contribution in [0.15, 0.2) is 71.6 Å². The van der Waals surface area contributed by atoms with E-state index in [-0.39, 0.29) is 16.4 Å². The summed E-state index contributed by atoms with van der Waals surface area (Å²) in [5, 5.41) is 11.3. The number of nitro benzene ring substituents is 1. The molecule has 2 heterocycles. The minimum Gasteiger partial charge on any atom is -0.379 e. The Balaban J connectivity index is 1.47. The van der Waals surface area contributed by atoms with Gasteiger partial charge in [0.1, 0.15) is 0 Å². The van der Waals surface area contributed by atoms with E-state index in [1.165, 1.54) is 52.0 Å². The molecule has 0 N–H and O–H groups in total. The lowest BCUT2D eigenvalue weighted by molar-refractivity contribution is -0.384. The highest BCUT2D eigenvalue weighted by molar-refractivity contribution is 7.89. The van der Waals surface area contributed by atoms with E-state index in [1.807, 2.05) is 0 Å². The molecule has 1 saturated heterocycles. The molecular formula is C23H20N2O6S2. The normalized spacial score (nSPS) is 15.0. The molecule has 2 aromatic carbocycles. The van der Waals surface area contributed by atoms with E-state index in [1.54, 1.807) is 36.4 Å². The molecule has 0 saturated carbocycles. The van der Waals surface area contributed by atoms with Crippen LogP contribution in [0.3, 0.4) is 0 Å². The quantitative estimate of drug-likeness (QED) is 0.215. The van der Waals surface area contributed by atoms with Crippen molar-refractivity contribution in [3.8, 4) is 10.4 Å². The molecule has 0 amide bonds. The van der Waals surface area contributed by atoms with Gasteiger partial charge in [-0.3, -0.25) is 14.9 Å². The van der Waals surface area contributed by atoms with Gasteiger partial charge in [0.05, 0.1) is 28.6 Å². The Morgan fingerprint density at radius 1 is 1.03 bits per heavy atom. The van der Waals surface area contributed by atoms with Gasteiger partial charge in [-0.2, -0.15) is 4.31 Å². The summed E-state index contributed by atoms with van der Waals surface area (Å²) in [6.07, 6.45) is 3.05. The molecule has 0 atom stereocenters. The van der Waals surface area contributed by atoms with Crippen LogP contribution < -0.4 is 0 Å². The van der Waals surface area contributed by atoms with Gasteiger partial charge in [-0.15, -0.1) is 11.3 Å². The van der Waals surface area contributed by atoms with Crippen molar-refractivity contribution >= 4 is 38.9 Å². The summed E-state index contributed by atoms with van der Waals surface area (Å²) in [6.45, 7) is 1.34. The van der Waals surface area contributed by atoms with Crippen LogP contribution in [0.1, 0.15) is 15.2 Å². The van der Waals surface area contributed by atoms with Gasteiger partial charge in [0.15, 0.2) is 5.78 Å². The number of nitrogens with zero attached hydrogens (tertiary/aromatic N) is 2. The third-order valence-corrected chi connectivity index (χ3v) is 8.14. The number of nitro groups is 1. The van der Waals surface area contributed by atoms with E-state index in [0.29, 0.717) is 37.4 Å². The molecule has 0 radical (unpaired) electrons. The first-order chi connectivity index (χ1) is 15.9. The number of hydrogen-bond acceptors (Lipinski definition) is 7. The number of ketones is 1. The van der Waals surface area contributed by atoms with Crippen molar-refractivity contribution in [2.24, 2.45) is 0 Å². The summed E-state index contributed by atoms with van der Waals surface area (Å²) in [6, 6.07) is 15.9. The van der Waals surface area contributed by atoms with Crippen molar-refractivity contribution in [1.82, 2.24) is 4.31 Å². The first-order valence-electron chi connectivity index (χ1n) is 10.1. The lowest BCUT2D eigenvalue weighted by atomic mass is 10.1. The summed E-state index contributed by atoms with van der Waals surface area (Å²) in [5.41, 5.74) is 0.913. The number of carbonyl (C=O) groups is 1. The van der Waals surface area contributed by atoms with Gasteiger partial charge < -0.3 is 4.74 Å². The fourth-order valence-electron chi connectivity index (χ4n) is 3.41. The third kappa shape index (κ3) is 5.09. The fraction of sp³-hybridized carbons (Fsp3) is 0.174. The molecule has 8 nitrogen and oxygen atoms in total. The van der Waals surface area contributed by atoms with E-state index in [0.717, 1.165) is 9.75 Å². The molecule has 0 bridgehead atoms. The zero-order valence-electron chi connectivity index (χ0n) is 17.4. The topological polar surface area (TPSA) is 107 Å². The van der Waals surface area contributed by atoms with E-state index in [4.69, 9.17) is 4.74 Å². The molecule has 0 aliphatic carbocycles. The molecule has 3 aromatic rings. The van der Waals surface area contributed by atoms with Crippen molar-refractivity contribution in [2.75, 3.05) is 26.3 Å². The highest BCUT2D eigenvalue weighted by Gasteiger charge is 2.26. The SMILES string of the molecule is O=C(/C=C/c1ccc(-c2ccccc2[N+](=O)[O-])s1)c1ccc(S(=O)(=O)N2CCOCC2)cc1. The van der Waals surface area contributed by atoms with Crippen LogP contribution in [0.25, 0.3) is 16.5 Å². The second-order valence-corrected chi connectivity index (χ2v) is 10.3. The smallest absolute Gasteiger partial charge is 0.278 e. The van der Waals surface area contributed by atoms with Crippen LogP contribution in [0.4, 0.5) is 5.69 Å². The molecule has 170 valence electrons. The second-order valence-electron chi connectivity index (χ2n) is 7.21. The number of ether oxygens (including phenoxy) is 1.